The number of hydrogen-bond acceptors (Lipinski definition) is 1. The minimum atomic E-state index is -4.54. The standard InChI is InChI=1S/C4H6F3NO/c1-3(9)8(2)4(5,6)7/h1-2H3. The fourth-order valence-corrected chi connectivity index (χ4v) is 0.179. The maximum Gasteiger partial charge on any atom is 0.486 e. The maximum atomic E-state index is 11.4. The Hall–Kier alpha value is -0.740. The SMILES string of the molecule is CC(=O)N(C)C(F)(F)F. The second-order valence-corrected chi connectivity index (χ2v) is 1.55. The Labute approximate surface area is 50.3 Å². The Bertz CT molecular complexity index is 119. The van der Waals surface area contributed by atoms with Crippen molar-refractivity contribution in [3.05, 3.63) is 0 Å². The molecule has 0 N–H and O–H groups in total. The van der Waals surface area contributed by atoms with Crippen LogP contribution in [0.5, 0.6) is 0 Å². The summed E-state index contributed by atoms with van der Waals surface area (Å²) in [4.78, 5) is 9.71. The van der Waals surface area contributed by atoms with Crippen LogP contribution in [-0.4, -0.2) is 24.2 Å². The van der Waals surface area contributed by atoms with Crippen molar-refractivity contribution in [1.82, 2.24) is 4.90 Å². The Morgan fingerprint density at radius 3 is 1.78 bits per heavy atom. The van der Waals surface area contributed by atoms with Crippen molar-refractivity contribution in [3.63, 3.8) is 0 Å². The Kier molecular flexibility index (Phi) is 2.06. The van der Waals surface area contributed by atoms with E-state index in [1.54, 1.807) is 0 Å². The highest BCUT2D eigenvalue weighted by Crippen LogP contribution is 2.18. The van der Waals surface area contributed by atoms with Gasteiger partial charge in [-0.25, -0.2) is 0 Å². The first-order chi connectivity index (χ1) is 3.85. The van der Waals surface area contributed by atoms with Gasteiger partial charge in [0.25, 0.3) is 0 Å². The van der Waals surface area contributed by atoms with Crippen molar-refractivity contribution in [2.24, 2.45) is 0 Å². The third-order valence-corrected chi connectivity index (χ3v) is 0.853. The molecule has 0 aromatic rings. The van der Waals surface area contributed by atoms with Gasteiger partial charge in [-0.15, -0.1) is 13.2 Å². The minimum Gasteiger partial charge on any atom is -0.275 e. The van der Waals surface area contributed by atoms with Gasteiger partial charge in [0, 0.05) is 14.0 Å². The summed E-state index contributed by atoms with van der Waals surface area (Å²) in [5, 5.41) is 0. The van der Waals surface area contributed by atoms with Crippen molar-refractivity contribution < 1.29 is 18.0 Å². The van der Waals surface area contributed by atoms with Crippen LogP contribution >= 0.6 is 0 Å². The highest BCUT2D eigenvalue weighted by Gasteiger charge is 2.35. The number of carbonyl (C=O) groups is 1. The third kappa shape index (κ3) is 2.34. The molecule has 54 valence electrons. The van der Waals surface area contributed by atoms with Gasteiger partial charge in [0.15, 0.2) is 0 Å². The topological polar surface area (TPSA) is 20.3 Å². The highest BCUT2D eigenvalue weighted by atomic mass is 19.4. The first-order valence-corrected chi connectivity index (χ1v) is 2.17. The molecule has 0 aliphatic carbocycles. The number of nitrogens with zero attached hydrogens (tertiary/aromatic N) is 1. The summed E-state index contributed by atoms with van der Waals surface area (Å²) in [6.45, 7) is 0.855. The molecule has 0 aliphatic heterocycles. The van der Waals surface area contributed by atoms with Gasteiger partial charge in [-0.1, -0.05) is 0 Å². The van der Waals surface area contributed by atoms with Crippen LogP contribution in [0.3, 0.4) is 0 Å². The van der Waals surface area contributed by atoms with Crippen molar-refractivity contribution >= 4 is 5.91 Å². The van der Waals surface area contributed by atoms with E-state index in [4.69, 9.17) is 0 Å². The van der Waals surface area contributed by atoms with E-state index >= 15 is 0 Å². The second kappa shape index (κ2) is 2.24. The van der Waals surface area contributed by atoms with Gasteiger partial charge in [-0.05, 0) is 0 Å². The number of rotatable bonds is 0. The monoisotopic (exact) mass is 141 g/mol. The van der Waals surface area contributed by atoms with Crippen LogP contribution in [-0.2, 0) is 4.79 Å². The lowest BCUT2D eigenvalue weighted by molar-refractivity contribution is -0.231. The minimum absolute atomic E-state index is 0.285. The number of hydrogen-bond donors (Lipinski definition) is 0. The summed E-state index contributed by atoms with van der Waals surface area (Å²) in [7, 11) is 0.683. The zero-order valence-electron chi connectivity index (χ0n) is 4.99. The van der Waals surface area contributed by atoms with Gasteiger partial charge in [-0.3, -0.25) is 9.69 Å². The van der Waals surface area contributed by atoms with Crippen LogP contribution in [0.15, 0.2) is 0 Å². The molecular weight excluding hydrogens is 135 g/mol. The van der Waals surface area contributed by atoms with Gasteiger partial charge >= 0.3 is 6.30 Å². The molecule has 0 saturated heterocycles. The van der Waals surface area contributed by atoms with E-state index < -0.39 is 12.2 Å². The molecule has 0 unspecified atom stereocenters. The fraction of sp³-hybridized carbons (Fsp3) is 0.750. The molecule has 0 aliphatic rings. The first-order valence-electron chi connectivity index (χ1n) is 2.17. The molecule has 0 atom stereocenters. The summed E-state index contributed by atoms with van der Waals surface area (Å²) in [6.07, 6.45) is -4.54. The molecule has 0 rings (SSSR count). The van der Waals surface area contributed by atoms with E-state index in [9.17, 15) is 18.0 Å². The molecule has 0 radical (unpaired) electrons. The van der Waals surface area contributed by atoms with Crippen molar-refractivity contribution in [2.45, 2.75) is 13.2 Å². The summed E-state index contributed by atoms with van der Waals surface area (Å²) < 4.78 is 34.2. The van der Waals surface area contributed by atoms with Crippen LogP contribution in [0.2, 0.25) is 0 Å². The van der Waals surface area contributed by atoms with Crippen LogP contribution in [0.25, 0.3) is 0 Å². The van der Waals surface area contributed by atoms with Crippen LogP contribution in [0.1, 0.15) is 6.92 Å². The molecular formula is C4H6F3NO. The van der Waals surface area contributed by atoms with Crippen molar-refractivity contribution in [1.29, 1.82) is 0 Å². The fourth-order valence-electron chi connectivity index (χ4n) is 0.179. The molecule has 0 spiro atoms. The molecule has 0 fully saturated rings. The largest absolute Gasteiger partial charge is 0.486 e. The molecule has 0 saturated carbocycles. The Balaban J connectivity index is 4.04. The number of amides is 1. The molecule has 5 heteroatoms. The average molecular weight is 141 g/mol. The zero-order valence-corrected chi connectivity index (χ0v) is 4.99. The molecule has 0 heterocycles. The van der Waals surface area contributed by atoms with E-state index in [1.807, 2.05) is 0 Å². The second-order valence-electron chi connectivity index (χ2n) is 1.55. The van der Waals surface area contributed by atoms with Gasteiger partial charge in [0.1, 0.15) is 0 Å². The predicted molar refractivity (Wildman–Crippen MR) is 24.5 cm³/mol. The molecule has 1 amide bonds. The first kappa shape index (κ1) is 8.26. The molecule has 0 aromatic heterocycles. The summed E-state index contributed by atoms with van der Waals surface area (Å²) in [6, 6.07) is 0. The van der Waals surface area contributed by atoms with Gasteiger partial charge in [0.2, 0.25) is 5.91 Å². The number of carbonyl (C=O) groups excluding carboxylic acids is 1. The Morgan fingerprint density at radius 2 is 1.78 bits per heavy atom. The number of alkyl halides is 3. The molecule has 2 nitrogen and oxygen atoms in total. The molecule has 9 heavy (non-hydrogen) atoms. The predicted octanol–water partition coefficient (Wildman–Crippen LogP) is 0.985. The van der Waals surface area contributed by atoms with E-state index in [0.29, 0.717) is 7.05 Å². The van der Waals surface area contributed by atoms with E-state index in [0.717, 1.165) is 6.92 Å². The highest BCUT2D eigenvalue weighted by molar-refractivity contribution is 5.73. The van der Waals surface area contributed by atoms with E-state index in [1.165, 1.54) is 0 Å². The third-order valence-electron chi connectivity index (χ3n) is 0.853. The van der Waals surface area contributed by atoms with E-state index in [-0.39, 0.29) is 4.90 Å². The molecule has 0 aromatic carbocycles. The van der Waals surface area contributed by atoms with Crippen LogP contribution in [0.4, 0.5) is 13.2 Å². The van der Waals surface area contributed by atoms with Gasteiger partial charge in [-0.2, -0.15) is 0 Å². The van der Waals surface area contributed by atoms with Gasteiger partial charge < -0.3 is 0 Å². The normalized spacial score (nSPS) is 11.2. The molecule has 0 bridgehead atoms. The zero-order chi connectivity index (χ0) is 7.65. The summed E-state index contributed by atoms with van der Waals surface area (Å²) in [5.41, 5.74) is 0. The smallest absolute Gasteiger partial charge is 0.275 e. The lowest BCUT2D eigenvalue weighted by Gasteiger charge is -2.17. The van der Waals surface area contributed by atoms with Crippen LogP contribution in [0, 0.1) is 0 Å². The lowest BCUT2D eigenvalue weighted by Crippen LogP contribution is -2.37. The average Bonchev–Trinajstić information content (AvgIpc) is 1.62. The van der Waals surface area contributed by atoms with Crippen molar-refractivity contribution in [2.75, 3.05) is 7.05 Å². The number of halogens is 3. The van der Waals surface area contributed by atoms with Crippen molar-refractivity contribution in [3.8, 4) is 0 Å². The quantitative estimate of drug-likeness (QED) is 0.460. The van der Waals surface area contributed by atoms with Gasteiger partial charge in [0.05, 0.1) is 0 Å². The van der Waals surface area contributed by atoms with Crippen LogP contribution < -0.4 is 0 Å². The Morgan fingerprint density at radius 1 is 1.44 bits per heavy atom. The summed E-state index contributed by atoms with van der Waals surface area (Å²) in [5.74, 6) is -1.01. The summed E-state index contributed by atoms with van der Waals surface area (Å²) >= 11 is 0. The maximum absolute atomic E-state index is 11.4. The van der Waals surface area contributed by atoms with E-state index in [2.05, 4.69) is 0 Å². The lowest BCUT2D eigenvalue weighted by atomic mass is 10.6.